The van der Waals surface area contributed by atoms with E-state index in [-0.39, 0.29) is 17.9 Å². The predicted molar refractivity (Wildman–Crippen MR) is 102 cm³/mol. The van der Waals surface area contributed by atoms with Crippen molar-refractivity contribution in [1.29, 1.82) is 0 Å². The molecule has 1 N–H and O–H groups in total. The van der Waals surface area contributed by atoms with E-state index in [1.165, 1.54) is 24.0 Å². The van der Waals surface area contributed by atoms with Crippen LogP contribution in [0.1, 0.15) is 36.8 Å². The van der Waals surface area contributed by atoms with Crippen LogP contribution in [0.4, 0.5) is 0 Å². The minimum Gasteiger partial charge on any atom is -0.492 e. The minimum atomic E-state index is 0.0508. The van der Waals surface area contributed by atoms with Gasteiger partial charge in [-0.25, -0.2) is 0 Å². The minimum absolute atomic E-state index is 0.0508. The summed E-state index contributed by atoms with van der Waals surface area (Å²) in [7, 11) is 0. The lowest BCUT2D eigenvalue weighted by molar-refractivity contribution is -0.140. The normalized spacial score (nSPS) is 24.3. The van der Waals surface area contributed by atoms with Gasteiger partial charge in [0.2, 0.25) is 5.91 Å². The molecule has 5 nitrogen and oxygen atoms in total. The van der Waals surface area contributed by atoms with Crippen LogP contribution < -0.4 is 4.74 Å². The summed E-state index contributed by atoms with van der Waals surface area (Å²) in [4.78, 5) is 16.4. The number of aliphatic hydroxyl groups excluding tert-OH is 1. The van der Waals surface area contributed by atoms with E-state index in [0.717, 1.165) is 38.3 Å². The van der Waals surface area contributed by atoms with Crippen LogP contribution in [0, 0.1) is 19.3 Å². The third-order valence-electron chi connectivity index (χ3n) is 6.08. The highest BCUT2D eigenvalue weighted by molar-refractivity contribution is 5.77. The molecule has 2 fully saturated rings. The molecule has 1 atom stereocenters. The molecular formula is C21H32N2O3. The van der Waals surface area contributed by atoms with Crippen molar-refractivity contribution >= 4 is 5.91 Å². The monoisotopic (exact) mass is 360 g/mol. The topological polar surface area (TPSA) is 53.0 Å². The molecule has 1 amide bonds. The molecule has 26 heavy (non-hydrogen) atoms. The number of amides is 1. The van der Waals surface area contributed by atoms with E-state index in [9.17, 15) is 9.90 Å². The van der Waals surface area contributed by atoms with Crippen molar-refractivity contribution in [3.8, 4) is 5.75 Å². The molecule has 5 heteroatoms. The number of likely N-dealkylation sites (tertiary alicyclic amines) is 2. The maximum absolute atomic E-state index is 12.1. The van der Waals surface area contributed by atoms with Crippen LogP contribution in [-0.4, -0.2) is 66.8 Å². The summed E-state index contributed by atoms with van der Waals surface area (Å²) in [5.74, 6) is 1.18. The average Bonchev–Trinajstić information content (AvgIpc) is 2.63. The molecule has 0 aliphatic carbocycles. The van der Waals surface area contributed by atoms with E-state index in [0.29, 0.717) is 19.6 Å². The van der Waals surface area contributed by atoms with Gasteiger partial charge >= 0.3 is 0 Å². The van der Waals surface area contributed by atoms with E-state index >= 15 is 0 Å². The molecule has 0 saturated carbocycles. The summed E-state index contributed by atoms with van der Waals surface area (Å²) in [5, 5.41) is 9.22. The van der Waals surface area contributed by atoms with Gasteiger partial charge in [0.15, 0.2) is 0 Å². The largest absolute Gasteiger partial charge is 0.492 e. The van der Waals surface area contributed by atoms with Crippen molar-refractivity contribution in [2.24, 2.45) is 5.41 Å². The summed E-state index contributed by atoms with van der Waals surface area (Å²) in [6, 6.07) is 6.20. The number of hydrogen-bond donors (Lipinski definition) is 1. The Labute approximate surface area is 156 Å². The summed E-state index contributed by atoms with van der Waals surface area (Å²) in [5.41, 5.74) is 2.67. The Morgan fingerprint density at radius 1 is 1.19 bits per heavy atom. The Kier molecular flexibility index (Phi) is 6.20. The molecule has 2 aliphatic rings. The molecule has 144 valence electrons. The molecule has 1 aromatic carbocycles. The highest BCUT2D eigenvalue weighted by Crippen LogP contribution is 2.38. The van der Waals surface area contributed by atoms with Crippen molar-refractivity contribution in [1.82, 2.24) is 9.80 Å². The van der Waals surface area contributed by atoms with Crippen LogP contribution in [0.5, 0.6) is 5.75 Å². The van der Waals surface area contributed by atoms with Gasteiger partial charge in [-0.05, 0) is 56.8 Å². The Morgan fingerprint density at radius 2 is 2.04 bits per heavy atom. The van der Waals surface area contributed by atoms with E-state index in [1.54, 1.807) is 0 Å². The van der Waals surface area contributed by atoms with Crippen LogP contribution in [0.15, 0.2) is 18.2 Å². The van der Waals surface area contributed by atoms with Gasteiger partial charge < -0.3 is 14.7 Å². The van der Waals surface area contributed by atoms with Gasteiger partial charge in [-0.1, -0.05) is 12.1 Å². The second-order valence-electron chi connectivity index (χ2n) is 7.97. The van der Waals surface area contributed by atoms with Gasteiger partial charge in [0, 0.05) is 38.0 Å². The zero-order valence-electron chi connectivity index (χ0n) is 16.2. The molecule has 3 rings (SSSR count). The molecule has 2 saturated heterocycles. The molecule has 2 heterocycles. The number of benzene rings is 1. The zero-order chi connectivity index (χ0) is 18.6. The third-order valence-corrected chi connectivity index (χ3v) is 6.08. The fourth-order valence-electron chi connectivity index (χ4n) is 4.43. The lowest BCUT2D eigenvalue weighted by Crippen LogP contribution is -2.54. The van der Waals surface area contributed by atoms with E-state index in [4.69, 9.17) is 4.74 Å². The number of aliphatic hydroxyl groups is 1. The summed E-state index contributed by atoms with van der Waals surface area (Å²) in [6.45, 7) is 9.27. The second-order valence-corrected chi connectivity index (χ2v) is 7.97. The third kappa shape index (κ3) is 4.38. The lowest BCUT2D eigenvalue weighted by Gasteiger charge is -2.48. The molecule has 1 spiro atoms. The number of rotatable bonds is 6. The predicted octanol–water partition coefficient (Wildman–Crippen LogP) is 2.38. The number of nitrogens with zero attached hydrogens (tertiary/aromatic N) is 2. The molecule has 1 aromatic rings. The number of carbonyl (C=O) groups excluding carboxylic acids is 1. The van der Waals surface area contributed by atoms with Crippen molar-refractivity contribution in [2.75, 3.05) is 45.9 Å². The number of carbonyl (C=O) groups is 1. The van der Waals surface area contributed by atoms with Crippen molar-refractivity contribution < 1.29 is 14.6 Å². The number of hydrogen-bond acceptors (Lipinski definition) is 4. The van der Waals surface area contributed by atoms with Gasteiger partial charge in [0.05, 0.1) is 6.61 Å². The summed E-state index contributed by atoms with van der Waals surface area (Å²) in [6.07, 6.45) is 3.94. The lowest BCUT2D eigenvalue weighted by atomic mass is 9.73. The van der Waals surface area contributed by atoms with Crippen LogP contribution in [0.25, 0.3) is 0 Å². The second kappa shape index (κ2) is 8.40. The van der Waals surface area contributed by atoms with Crippen molar-refractivity contribution in [3.63, 3.8) is 0 Å². The van der Waals surface area contributed by atoms with Gasteiger partial charge in [0.1, 0.15) is 12.4 Å². The first kappa shape index (κ1) is 19.2. The molecular weight excluding hydrogens is 328 g/mol. The maximum atomic E-state index is 12.1. The zero-order valence-corrected chi connectivity index (χ0v) is 16.2. The first-order valence-corrected chi connectivity index (χ1v) is 9.83. The fourth-order valence-corrected chi connectivity index (χ4v) is 4.43. The van der Waals surface area contributed by atoms with Crippen LogP contribution >= 0.6 is 0 Å². The Balaban J connectivity index is 1.53. The standard InChI is InChI=1S/C21H32N2O3/c1-17-5-3-6-19(18(17)2)26-14-12-22-10-4-8-21(15-22)9-7-20(25)23(16-21)11-13-24/h3,5-6,24H,4,7-16H2,1-2H3. The highest BCUT2D eigenvalue weighted by atomic mass is 16.5. The highest BCUT2D eigenvalue weighted by Gasteiger charge is 2.41. The fraction of sp³-hybridized carbons (Fsp3) is 0.667. The van der Waals surface area contributed by atoms with Gasteiger partial charge in [0.25, 0.3) is 0 Å². The quantitative estimate of drug-likeness (QED) is 0.846. The SMILES string of the molecule is Cc1cccc(OCCN2CCCC3(CCC(=O)N(CCO)C3)C2)c1C. The molecule has 2 aliphatic heterocycles. The molecule has 0 radical (unpaired) electrons. The van der Waals surface area contributed by atoms with E-state index < -0.39 is 0 Å². The Bertz CT molecular complexity index is 634. The number of ether oxygens (including phenoxy) is 1. The Hall–Kier alpha value is -1.59. The number of aryl methyl sites for hydroxylation is 1. The van der Waals surface area contributed by atoms with Crippen LogP contribution in [-0.2, 0) is 4.79 Å². The number of piperidine rings is 2. The Morgan fingerprint density at radius 3 is 2.85 bits per heavy atom. The van der Waals surface area contributed by atoms with Gasteiger partial charge in [-0.2, -0.15) is 0 Å². The first-order valence-electron chi connectivity index (χ1n) is 9.83. The average molecular weight is 360 g/mol. The van der Waals surface area contributed by atoms with Gasteiger partial charge in [-0.15, -0.1) is 0 Å². The molecule has 0 aromatic heterocycles. The smallest absolute Gasteiger partial charge is 0.222 e. The van der Waals surface area contributed by atoms with E-state index in [1.807, 2.05) is 17.0 Å². The van der Waals surface area contributed by atoms with Crippen molar-refractivity contribution in [2.45, 2.75) is 39.5 Å². The van der Waals surface area contributed by atoms with Crippen LogP contribution in [0.2, 0.25) is 0 Å². The molecule has 1 unspecified atom stereocenters. The molecule has 0 bridgehead atoms. The maximum Gasteiger partial charge on any atom is 0.222 e. The number of β-amino-alcohol motifs (C(OH)–C–C–N with tert-alkyl or cyclic N) is 1. The van der Waals surface area contributed by atoms with E-state index in [2.05, 4.69) is 24.8 Å². The summed E-state index contributed by atoms with van der Waals surface area (Å²) >= 11 is 0. The van der Waals surface area contributed by atoms with Gasteiger partial charge in [-0.3, -0.25) is 9.69 Å². The van der Waals surface area contributed by atoms with Crippen molar-refractivity contribution in [3.05, 3.63) is 29.3 Å². The van der Waals surface area contributed by atoms with Crippen LogP contribution in [0.3, 0.4) is 0 Å². The summed E-state index contributed by atoms with van der Waals surface area (Å²) < 4.78 is 6.03. The first-order chi connectivity index (χ1) is 12.5.